The van der Waals surface area contributed by atoms with Crippen molar-refractivity contribution >= 4 is 34.9 Å². The van der Waals surface area contributed by atoms with Crippen LogP contribution in [0.1, 0.15) is 59.8 Å². The Labute approximate surface area is 195 Å². The van der Waals surface area contributed by atoms with Crippen molar-refractivity contribution in [1.29, 1.82) is 0 Å². The minimum atomic E-state index is -0.239. The van der Waals surface area contributed by atoms with Crippen LogP contribution < -0.4 is 4.74 Å². The van der Waals surface area contributed by atoms with Crippen molar-refractivity contribution in [2.45, 2.75) is 71.2 Å². The highest BCUT2D eigenvalue weighted by atomic mass is 35.5. The molecule has 0 saturated carbocycles. The number of hydrogen-bond acceptors (Lipinski definition) is 6. The Bertz CT molecular complexity index is 778. The molecule has 1 aromatic rings. The number of rotatable bonds is 11. The summed E-state index contributed by atoms with van der Waals surface area (Å²) in [5.41, 5.74) is 0.838. The van der Waals surface area contributed by atoms with Crippen LogP contribution in [0.3, 0.4) is 0 Å². The first-order valence-electron chi connectivity index (χ1n) is 11.0. The maximum Gasteiger partial charge on any atom is 0.168 e. The van der Waals surface area contributed by atoms with Gasteiger partial charge in [0.2, 0.25) is 0 Å². The number of carbonyl (C=O) groups is 1. The van der Waals surface area contributed by atoms with E-state index in [1.54, 1.807) is 24.3 Å². The van der Waals surface area contributed by atoms with Gasteiger partial charge in [0.05, 0.1) is 11.3 Å². The van der Waals surface area contributed by atoms with Crippen molar-refractivity contribution in [1.82, 2.24) is 0 Å². The molecule has 172 valence electrons. The number of Topliss-reactive ketones (excluding diaryl/α,β-unsaturated/α-hetero) is 1. The van der Waals surface area contributed by atoms with E-state index in [9.17, 15) is 9.90 Å². The number of aliphatic hydroxyl groups excluding tert-OH is 1. The Morgan fingerprint density at radius 2 is 2.00 bits per heavy atom. The van der Waals surface area contributed by atoms with Crippen LogP contribution in [0.4, 0.5) is 0 Å². The molecule has 1 aromatic carbocycles. The number of oxime groups is 1. The Hall–Kier alpha value is -1.66. The molecule has 2 rings (SSSR count). The van der Waals surface area contributed by atoms with Crippen molar-refractivity contribution in [2.24, 2.45) is 11.1 Å². The quantitative estimate of drug-likeness (QED) is 0.293. The topological polar surface area (TPSA) is 68.1 Å². The molecule has 5 nitrogen and oxygen atoms in total. The van der Waals surface area contributed by atoms with E-state index in [2.05, 4.69) is 19.0 Å². The molecule has 0 radical (unpaired) electrons. The molecule has 7 heteroatoms. The molecule has 0 bridgehead atoms. The largest absolute Gasteiger partial charge is 0.511 e. The lowest BCUT2D eigenvalue weighted by atomic mass is 9.92. The molecule has 3 atom stereocenters. The number of thioether (sulfide) groups is 1. The summed E-state index contributed by atoms with van der Waals surface area (Å²) in [5.74, 6) is 2.15. The molecule has 0 saturated heterocycles. The Kier molecular flexibility index (Phi) is 10.7. The van der Waals surface area contributed by atoms with Crippen molar-refractivity contribution in [3.63, 3.8) is 0 Å². The number of aliphatic hydroxyl groups is 1. The minimum Gasteiger partial charge on any atom is -0.511 e. The van der Waals surface area contributed by atoms with Gasteiger partial charge in [-0.3, -0.25) is 4.79 Å². The number of ketones is 1. The van der Waals surface area contributed by atoms with Gasteiger partial charge in [0.25, 0.3) is 0 Å². The van der Waals surface area contributed by atoms with Gasteiger partial charge in [0.1, 0.15) is 17.6 Å². The monoisotopic (exact) mass is 467 g/mol. The number of allylic oxidation sites excluding steroid dienone is 2. The summed E-state index contributed by atoms with van der Waals surface area (Å²) >= 11 is 7.80. The molecule has 0 spiro atoms. The van der Waals surface area contributed by atoms with Crippen molar-refractivity contribution < 1.29 is 19.5 Å². The first kappa shape index (κ1) is 25.6. The first-order valence-corrected chi connectivity index (χ1v) is 12.4. The van der Waals surface area contributed by atoms with E-state index >= 15 is 0 Å². The van der Waals surface area contributed by atoms with Crippen molar-refractivity contribution in [2.75, 3.05) is 12.4 Å². The SMILES string of the molecule is CCSC(C)CC1CCC(O)=C(/C(CC)=N/OCC(C)Oc2ccc(Cl)cc2)C(=O)C1. The fourth-order valence-corrected chi connectivity index (χ4v) is 4.83. The molecule has 1 aliphatic carbocycles. The number of carbonyl (C=O) groups excluding carboxylic acids is 1. The van der Waals surface area contributed by atoms with Crippen LogP contribution in [0.25, 0.3) is 0 Å². The van der Waals surface area contributed by atoms with Gasteiger partial charge in [-0.15, -0.1) is 0 Å². The fraction of sp³-hybridized carbons (Fsp3) is 0.583. The van der Waals surface area contributed by atoms with Crippen LogP contribution in [0.5, 0.6) is 5.75 Å². The van der Waals surface area contributed by atoms with Crippen LogP contribution in [0, 0.1) is 5.92 Å². The Balaban J connectivity index is 1.96. The summed E-state index contributed by atoms with van der Waals surface area (Å²) < 4.78 is 5.78. The number of halogens is 1. The summed E-state index contributed by atoms with van der Waals surface area (Å²) in [6.45, 7) is 8.37. The van der Waals surface area contributed by atoms with E-state index in [1.165, 1.54) is 0 Å². The summed E-state index contributed by atoms with van der Waals surface area (Å²) in [5, 5.41) is 15.9. The maximum atomic E-state index is 12.9. The molecule has 1 N–H and O–H groups in total. The minimum absolute atomic E-state index is 0.0386. The maximum absolute atomic E-state index is 12.9. The van der Waals surface area contributed by atoms with E-state index in [-0.39, 0.29) is 30.2 Å². The lowest BCUT2D eigenvalue weighted by Crippen LogP contribution is -2.20. The smallest absolute Gasteiger partial charge is 0.168 e. The van der Waals surface area contributed by atoms with E-state index < -0.39 is 0 Å². The molecule has 3 unspecified atom stereocenters. The normalized spacial score (nSPS) is 19.7. The van der Waals surface area contributed by atoms with E-state index in [0.29, 0.717) is 46.6 Å². The summed E-state index contributed by atoms with van der Waals surface area (Å²) in [4.78, 5) is 18.4. The summed E-state index contributed by atoms with van der Waals surface area (Å²) in [7, 11) is 0. The molecular weight excluding hydrogens is 434 g/mol. The molecule has 1 aliphatic rings. The zero-order valence-corrected chi connectivity index (χ0v) is 20.5. The highest BCUT2D eigenvalue weighted by molar-refractivity contribution is 7.99. The average molecular weight is 468 g/mol. The lowest BCUT2D eigenvalue weighted by molar-refractivity contribution is -0.116. The number of benzene rings is 1. The molecular formula is C24H34ClNO4S. The zero-order valence-electron chi connectivity index (χ0n) is 18.9. The number of nitrogens with zero attached hydrogens (tertiary/aromatic N) is 1. The summed E-state index contributed by atoms with van der Waals surface area (Å²) in [6, 6.07) is 7.12. The highest BCUT2D eigenvalue weighted by Crippen LogP contribution is 2.31. The highest BCUT2D eigenvalue weighted by Gasteiger charge is 2.28. The number of ether oxygens (including phenoxy) is 1. The lowest BCUT2D eigenvalue weighted by Gasteiger charge is -2.18. The second-order valence-electron chi connectivity index (χ2n) is 7.93. The van der Waals surface area contributed by atoms with Gasteiger partial charge in [0.15, 0.2) is 12.4 Å². The third-order valence-corrected chi connectivity index (χ3v) is 6.55. The Morgan fingerprint density at radius 3 is 2.65 bits per heavy atom. The molecule has 0 fully saturated rings. The van der Waals surface area contributed by atoms with Crippen molar-refractivity contribution in [3.05, 3.63) is 40.6 Å². The molecule has 0 aliphatic heterocycles. The van der Waals surface area contributed by atoms with Gasteiger partial charge in [0, 0.05) is 23.1 Å². The van der Waals surface area contributed by atoms with Gasteiger partial charge in [-0.25, -0.2) is 0 Å². The zero-order chi connectivity index (χ0) is 22.8. The van der Waals surface area contributed by atoms with Gasteiger partial charge in [-0.1, -0.05) is 37.5 Å². The van der Waals surface area contributed by atoms with Crippen LogP contribution in [-0.4, -0.2) is 40.3 Å². The molecule has 0 amide bonds. The third-order valence-electron chi connectivity index (χ3n) is 5.21. The van der Waals surface area contributed by atoms with E-state index in [1.807, 2.05) is 25.6 Å². The van der Waals surface area contributed by atoms with Crippen LogP contribution >= 0.6 is 23.4 Å². The first-order chi connectivity index (χ1) is 14.8. The number of hydrogen-bond donors (Lipinski definition) is 1. The van der Waals surface area contributed by atoms with Crippen LogP contribution in [0.2, 0.25) is 5.02 Å². The molecule has 0 heterocycles. The van der Waals surface area contributed by atoms with Crippen LogP contribution in [-0.2, 0) is 9.63 Å². The standard InChI is InChI=1S/C24H34ClNO4S/c1-5-21(26-29-15-16(3)30-20-10-8-19(25)9-11-20)24-22(27)12-7-18(14-23(24)28)13-17(4)31-6-2/h8-11,16-18,27H,5-7,12-15H2,1-4H3/b26-21+. The fourth-order valence-electron chi connectivity index (χ4n) is 3.73. The molecule has 31 heavy (non-hydrogen) atoms. The van der Waals surface area contributed by atoms with Gasteiger partial charge in [-0.2, -0.15) is 11.8 Å². The average Bonchev–Trinajstić information content (AvgIpc) is 2.85. The Morgan fingerprint density at radius 1 is 1.29 bits per heavy atom. The summed E-state index contributed by atoms with van der Waals surface area (Å²) in [6.07, 6.45) is 3.02. The van der Waals surface area contributed by atoms with Crippen molar-refractivity contribution in [3.8, 4) is 5.75 Å². The second kappa shape index (κ2) is 13.0. The van der Waals surface area contributed by atoms with E-state index in [4.69, 9.17) is 21.2 Å². The van der Waals surface area contributed by atoms with Gasteiger partial charge >= 0.3 is 0 Å². The second-order valence-corrected chi connectivity index (χ2v) is 10.1. The predicted octanol–water partition coefficient (Wildman–Crippen LogP) is 6.60. The van der Waals surface area contributed by atoms with Crippen LogP contribution in [0.15, 0.2) is 40.8 Å². The van der Waals surface area contributed by atoms with E-state index in [0.717, 1.165) is 18.6 Å². The predicted molar refractivity (Wildman–Crippen MR) is 129 cm³/mol. The molecule has 0 aromatic heterocycles. The third kappa shape index (κ3) is 8.41. The van der Waals surface area contributed by atoms with Gasteiger partial charge < -0.3 is 14.7 Å². The van der Waals surface area contributed by atoms with Gasteiger partial charge in [-0.05, 0) is 62.1 Å².